The van der Waals surface area contributed by atoms with Crippen LogP contribution >= 0.6 is 27.5 Å². The van der Waals surface area contributed by atoms with Crippen LogP contribution in [0.2, 0.25) is 5.02 Å². The van der Waals surface area contributed by atoms with E-state index in [4.69, 9.17) is 21.1 Å². The summed E-state index contributed by atoms with van der Waals surface area (Å²) in [6.45, 7) is 3.97. The van der Waals surface area contributed by atoms with Crippen molar-refractivity contribution in [1.82, 2.24) is 5.32 Å². The van der Waals surface area contributed by atoms with Gasteiger partial charge >= 0.3 is 6.03 Å². The molecule has 4 amide bonds. The Balaban J connectivity index is 2.07. The quantitative estimate of drug-likeness (QED) is 0.490. The minimum Gasteiger partial charge on any atom is -0.493 e. The molecule has 30 heavy (non-hydrogen) atoms. The van der Waals surface area contributed by atoms with Crippen LogP contribution < -0.4 is 19.7 Å². The molecule has 1 N–H and O–H groups in total. The summed E-state index contributed by atoms with van der Waals surface area (Å²) in [6, 6.07) is 7.35. The number of urea groups is 1. The molecule has 9 heteroatoms. The molecule has 7 nitrogen and oxygen atoms in total. The third kappa shape index (κ3) is 4.06. The van der Waals surface area contributed by atoms with Gasteiger partial charge in [0.1, 0.15) is 5.57 Å². The third-order valence-electron chi connectivity index (χ3n) is 4.43. The lowest BCUT2D eigenvalue weighted by Crippen LogP contribution is -2.54. The first-order chi connectivity index (χ1) is 14.3. The first-order valence-corrected chi connectivity index (χ1v) is 10.1. The van der Waals surface area contributed by atoms with Gasteiger partial charge in [0.25, 0.3) is 11.8 Å². The van der Waals surface area contributed by atoms with Crippen LogP contribution in [0.1, 0.15) is 18.1 Å². The molecule has 1 saturated heterocycles. The number of hydrogen-bond donors (Lipinski definition) is 1. The molecule has 1 heterocycles. The van der Waals surface area contributed by atoms with Crippen molar-refractivity contribution in [1.29, 1.82) is 0 Å². The lowest BCUT2D eigenvalue weighted by atomic mass is 10.1. The molecular weight excluding hydrogens is 476 g/mol. The second-order valence-corrected chi connectivity index (χ2v) is 7.57. The lowest BCUT2D eigenvalue weighted by Gasteiger charge is -2.27. The van der Waals surface area contributed by atoms with Crippen LogP contribution in [0.3, 0.4) is 0 Å². The molecular formula is C21H18BrClN2O5. The number of nitrogens with zero attached hydrogens (tertiary/aromatic N) is 1. The van der Waals surface area contributed by atoms with E-state index in [2.05, 4.69) is 21.2 Å². The van der Waals surface area contributed by atoms with E-state index in [0.717, 1.165) is 4.90 Å². The minimum absolute atomic E-state index is 0.202. The highest BCUT2D eigenvalue weighted by molar-refractivity contribution is 9.10. The Morgan fingerprint density at radius 3 is 2.63 bits per heavy atom. The number of rotatable bonds is 5. The Bertz CT molecular complexity index is 1080. The molecule has 3 rings (SSSR count). The molecule has 0 unspecified atom stereocenters. The van der Waals surface area contributed by atoms with E-state index in [1.54, 1.807) is 37.3 Å². The first kappa shape index (κ1) is 21.9. The van der Waals surface area contributed by atoms with Crippen LogP contribution in [0.15, 0.2) is 40.4 Å². The highest BCUT2D eigenvalue weighted by Crippen LogP contribution is 2.37. The van der Waals surface area contributed by atoms with Crippen LogP contribution in [-0.2, 0) is 9.59 Å². The Hall–Kier alpha value is -2.84. The fourth-order valence-electron chi connectivity index (χ4n) is 2.99. The smallest absolute Gasteiger partial charge is 0.335 e. The number of anilines is 1. The van der Waals surface area contributed by atoms with Gasteiger partial charge in [0.05, 0.1) is 23.9 Å². The van der Waals surface area contributed by atoms with Crippen molar-refractivity contribution in [3.8, 4) is 11.5 Å². The van der Waals surface area contributed by atoms with Gasteiger partial charge in [-0.15, -0.1) is 0 Å². The lowest BCUT2D eigenvalue weighted by molar-refractivity contribution is -0.122. The minimum atomic E-state index is -0.835. The number of imide groups is 2. The number of benzene rings is 2. The number of carbonyl (C=O) groups is 3. The summed E-state index contributed by atoms with van der Waals surface area (Å²) < 4.78 is 11.5. The zero-order valence-electron chi connectivity index (χ0n) is 16.4. The molecule has 2 aromatic carbocycles. The zero-order chi connectivity index (χ0) is 22.0. The summed E-state index contributed by atoms with van der Waals surface area (Å²) in [5, 5.41) is 2.60. The maximum Gasteiger partial charge on any atom is 0.335 e. The molecule has 2 aromatic rings. The van der Waals surface area contributed by atoms with E-state index >= 15 is 0 Å². The molecule has 0 spiro atoms. The number of halogens is 2. The zero-order valence-corrected chi connectivity index (χ0v) is 18.8. The fourth-order valence-corrected chi connectivity index (χ4v) is 3.73. The Kier molecular flexibility index (Phi) is 6.48. The van der Waals surface area contributed by atoms with Crippen molar-refractivity contribution in [3.63, 3.8) is 0 Å². The van der Waals surface area contributed by atoms with E-state index in [-0.39, 0.29) is 5.57 Å². The third-order valence-corrected chi connectivity index (χ3v) is 5.43. The molecule has 0 atom stereocenters. The summed E-state index contributed by atoms with van der Waals surface area (Å²) in [5.74, 6) is -0.601. The second kappa shape index (κ2) is 8.89. The van der Waals surface area contributed by atoms with Gasteiger partial charge < -0.3 is 9.47 Å². The summed E-state index contributed by atoms with van der Waals surface area (Å²) in [4.78, 5) is 38.8. The van der Waals surface area contributed by atoms with Gasteiger partial charge in [0.2, 0.25) is 0 Å². The Morgan fingerprint density at radius 2 is 1.97 bits per heavy atom. The van der Waals surface area contributed by atoms with Crippen molar-refractivity contribution in [2.45, 2.75) is 13.8 Å². The predicted molar refractivity (Wildman–Crippen MR) is 117 cm³/mol. The molecule has 1 aliphatic heterocycles. The molecule has 156 valence electrons. The van der Waals surface area contributed by atoms with Crippen molar-refractivity contribution < 1.29 is 23.9 Å². The van der Waals surface area contributed by atoms with E-state index < -0.39 is 17.8 Å². The van der Waals surface area contributed by atoms with E-state index in [1.165, 1.54) is 13.2 Å². The molecule has 1 aliphatic rings. The maximum absolute atomic E-state index is 13.1. The Labute approximate surface area is 186 Å². The molecule has 0 radical (unpaired) electrons. The standard InChI is InChI=1S/C21H18BrClN2O5/c1-4-30-18-14(22)9-12(10-17(18)29-3)8-13-19(26)24-21(28)25(20(13)27)16-7-5-6-15(23)11(16)2/h5-10H,4H2,1-3H3,(H,24,26,28)/b13-8+. The number of barbiturate groups is 1. The van der Waals surface area contributed by atoms with Crippen LogP contribution in [0.25, 0.3) is 6.08 Å². The SMILES string of the molecule is CCOc1c(Br)cc(/C=C2\C(=O)NC(=O)N(c3cccc(Cl)c3C)C2=O)cc1OC. The predicted octanol–water partition coefficient (Wildman–Crippen LogP) is 4.48. The first-order valence-electron chi connectivity index (χ1n) is 8.95. The fraction of sp³-hybridized carbons (Fsp3) is 0.190. The molecule has 0 saturated carbocycles. The van der Waals surface area contributed by atoms with Crippen LogP contribution in [0, 0.1) is 6.92 Å². The van der Waals surface area contributed by atoms with Crippen LogP contribution in [0.5, 0.6) is 11.5 Å². The van der Waals surface area contributed by atoms with E-state index in [1.807, 2.05) is 6.92 Å². The molecule has 0 bridgehead atoms. The van der Waals surface area contributed by atoms with E-state index in [9.17, 15) is 14.4 Å². The topological polar surface area (TPSA) is 84.9 Å². The van der Waals surface area contributed by atoms with Gasteiger partial charge in [-0.2, -0.15) is 0 Å². The van der Waals surface area contributed by atoms with Gasteiger partial charge in [-0.05, 0) is 71.2 Å². The average Bonchev–Trinajstić information content (AvgIpc) is 2.70. The molecule has 1 fully saturated rings. The Morgan fingerprint density at radius 1 is 1.23 bits per heavy atom. The molecule has 0 aliphatic carbocycles. The number of methoxy groups -OCH3 is 1. The van der Waals surface area contributed by atoms with Crippen molar-refractivity contribution in [3.05, 3.63) is 56.5 Å². The maximum atomic E-state index is 13.1. The molecule has 0 aromatic heterocycles. The van der Waals surface area contributed by atoms with Gasteiger partial charge in [-0.3, -0.25) is 14.9 Å². The van der Waals surface area contributed by atoms with Crippen LogP contribution in [0.4, 0.5) is 10.5 Å². The average molecular weight is 494 g/mol. The number of ether oxygens (including phenoxy) is 2. The number of carbonyl (C=O) groups excluding carboxylic acids is 3. The van der Waals surface area contributed by atoms with Gasteiger partial charge in [-0.25, -0.2) is 9.69 Å². The highest BCUT2D eigenvalue weighted by Gasteiger charge is 2.37. The van der Waals surface area contributed by atoms with Crippen molar-refractivity contribution in [2.24, 2.45) is 0 Å². The number of nitrogens with one attached hydrogen (secondary N) is 1. The van der Waals surface area contributed by atoms with Crippen molar-refractivity contribution in [2.75, 3.05) is 18.6 Å². The highest BCUT2D eigenvalue weighted by atomic mass is 79.9. The van der Waals surface area contributed by atoms with E-state index in [0.29, 0.717) is 44.4 Å². The van der Waals surface area contributed by atoms with Gasteiger partial charge in [0.15, 0.2) is 11.5 Å². The number of hydrogen-bond acceptors (Lipinski definition) is 5. The van der Waals surface area contributed by atoms with Gasteiger partial charge in [0, 0.05) is 5.02 Å². The normalized spacial score (nSPS) is 15.4. The monoisotopic (exact) mass is 492 g/mol. The number of amides is 4. The van der Waals surface area contributed by atoms with Gasteiger partial charge in [-0.1, -0.05) is 17.7 Å². The largest absolute Gasteiger partial charge is 0.493 e. The summed E-state index contributed by atoms with van der Waals surface area (Å²) in [7, 11) is 1.49. The summed E-state index contributed by atoms with van der Waals surface area (Å²) >= 11 is 9.54. The summed E-state index contributed by atoms with van der Waals surface area (Å²) in [5.41, 5.74) is 1.15. The van der Waals surface area contributed by atoms with Crippen LogP contribution in [-0.4, -0.2) is 31.6 Å². The second-order valence-electron chi connectivity index (χ2n) is 6.31. The summed E-state index contributed by atoms with van der Waals surface area (Å²) in [6.07, 6.45) is 1.39. The van der Waals surface area contributed by atoms with Crippen molar-refractivity contribution >= 4 is 57.1 Å².